The Labute approximate surface area is 139 Å². The van der Waals surface area contributed by atoms with Crippen LogP contribution in [0.3, 0.4) is 0 Å². The summed E-state index contributed by atoms with van der Waals surface area (Å²) in [5, 5.41) is 2.82. The van der Waals surface area contributed by atoms with E-state index in [1.54, 1.807) is 23.1 Å². The van der Waals surface area contributed by atoms with E-state index >= 15 is 0 Å². The molecule has 116 valence electrons. The molecule has 3 nitrogen and oxygen atoms in total. The standard InChI is InChI=1S/C17H19NO2S2/c1-11-10-15(12(2)22-11)16(19)8-9-17(20)18-13-4-6-14(21-3)7-5-13/h4-7,10H,8-9H2,1-3H3,(H,18,20). The van der Waals surface area contributed by atoms with Crippen molar-refractivity contribution in [3.8, 4) is 0 Å². The van der Waals surface area contributed by atoms with E-state index < -0.39 is 0 Å². The lowest BCUT2D eigenvalue weighted by Gasteiger charge is -2.05. The molecule has 22 heavy (non-hydrogen) atoms. The molecule has 0 fully saturated rings. The number of hydrogen-bond donors (Lipinski definition) is 1. The van der Waals surface area contributed by atoms with E-state index in [9.17, 15) is 9.59 Å². The number of hydrogen-bond acceptors (Lipinski definition) is 4. The Morgan fingerprint density at radius 2 is 1.82 bits per heavy atom. The minimum absolute atomic E-state index is 0.0368. The van der Waals surface area contributed by atoms with Crippen LogP contribution in [0.1, 0.15) is 33.0 Å². The van der Waals surface area contributed by atoms with Crippen LogP contribution in [0.2, 0.25) is 0 Å². The quantitative estimate of drug-likeness (QED) is 0.616. The molecule has 0 spiro atoms. The lowest BCUT2D eigenvalue weighted by molar-refractivity contribution is -0.116. The summed E-state index contributed by atoms with van der Waals surface area (Å²) in [6.45, 7) is 3.93. The number of aryl methyl sites for hydroxylation is 2. The molecule has 2 rings (SSSR count). The summed E-state index contributed by atoms with van der Waals surface area (Å²) in [5.74, 6) is -0.0930. The molecular formula is C17H19NO2S2. The number of nitrogens with one attached hydrogen (secondary N) is 1. The number of thiophene rings is 1. The topological polar surface area (TPSA) is 46.2 Å². The highest BCUT2D eigenvalue weighted by Crippen LogP contribution is 2.22. The van der Waals surface area contributed by atoms with Crippen LogP contribution in [0.4, 0.5) is 5.69 Å². The number of ketones is 1. The Morgan fingerprint density at radius 3 is 2.36 bits per heavy atom. The summed E-state index contributed by atoms with van der Waals surface area (Å²) in [7, 11) is 0. The average Bonchev–Trinajstić information content (AvgIpc) is 2.84. The third kappa shape index (κ3) is 4.45. The van der Waals surface area contributed by atoms with Crippen LogP contribution >= 0.6 is 23.1 Å². The van der Waals surface area contributed by atoms with E-state index in [2.05, 4.69) is 5.32 Å². The van der Waals surface area contributed by atoms with Crippen molar-refractivity contribution in [2.45, 2.75) is 31.6 Å². The maximum atomic E-state index is 12.1. The lowest BCUT2D eigenvalue weighted by Crippen LogP contribution is -2.13. The predicted octanol–water partition coefficient (Wildman–Crippen LogP) is 4.69. The third-order valence-corrected chi connectivity index (χ3v) is 5.00. The Hall–Kier alpha value is -1.59. The number of carbonyl (C=O) groups is 2. The fraction of sp³-hybridized carbons (Fsp3) is 0.294. The first-order valence-corrected chi connectivity index (χ1v) is 9.08. The molecule has 0 bridgehead atoms. The van der Waals surface area contributed by atoms with Gasteiger partial charge in [-0.1, -0.05) is 0 Å². The highest BCUT2D eigenvalue weighted by atomic mass is 32.2. The molecule has 1 aromatic heterocycles. The van der Waals surface area contributed by atoms with E-state index in [1.807, 2.05) is 50.4 Å². The summed E-state index contributed by atoms with van der Waals surface area (Å²) >= 11 is 3.27. The first-order valence-electron chi connectivity index (χ1n) is 7.03. The van der Waals surface area contributed by atoms with Gasteiger partial charge < -0.3 is 5.32 Å². The van der Waals surface area contributed by atoms with Crippen molar-refractivity contribution in [3.63, 3.8) is 0 Å². The minimum atomic E-state index is -0.130. The molecule has 0 saturated heterocycles. The fourth-order valence-corrected chi connectivity index (χ4v) is 3.52. The second-order valence-electron chi connectivity index (χ2n) is 5.03. The molecule has 0 aliphatic heterocycles. The summed E-state index contributed by atoms with van der Waals surface area (Å²) in [6, 6.07) is 9.57. The van der Waals surface area contributed by atoms with Gasteiger partial charge in [0, 0.05) is 38.7 Å². The van der Waals surface area contributed by atoms with Crippen molar-refractivity contribution in [2.75, 3.05) is 11.6 Å². The van der Waals surface area contributed by atoms with Gasteiger partial charge in [0.05, 0.1) is 0 Å². The lowest BCUT2D eigenvalue weighted by atomic mass is 10.1. The molecule has 2 aromatic rings. The largest absolute Gasteiger partial charge is 0.326 e. The van der Waals surface area contributed by atoms with Crippen LogP contribution in [-0.2, 0) is 4.79 Å². The van der Waals surface area contributed by atoms with Crippen molar-refractivity contribution >= 4 is 40.5 Å². The van der Waals surface area contributed by atoms with Crippen LogP contribution in [0, 0.1) is 13.8 Å². The Balaban J connectivity index is 1.87. The van der Waals surface area contributed by atoms with Gasteiger partial charge in [0.2, 0.25) is 5.91 Å². The Kier molecular flexibility index (Phi) is 5.80. The second kappa shape index (κ2) is 7.61. The molecule has 1 heterocycles. The summed E-state index contributed by atoms with van der Waals surface area (Å²) in [4.78, 5) is 27.4. The zero-order chi connectivity index (χ0) is 16.1. The highest BCUT2D eigenvalue weighted by Gasteiger charge is 2.13. The molecule has 1 aromatic carbocycles. The first kappa shape index (κ1) is 16.8. The van der Waals surface area contributed by atoms with Gasteiger partial charge in [-0.15, -0.1) is 23.1 Å². The molecule has 5 heteroatoms. The van der Waals surface area contributed by atoms with Crippen LogP contribution in [0.5, 0.6) is 0 Å². The van der Waals surface area contributed by atoms with E-state index in [0.29, 0.717) is 0 Å². The summed E-state index contributed by atoms with van der Waals surface area (Å²) < 4.78 is 0. The molecule has 0 aliphatic carbocycles. The summed E-state index contributed by atoms with van der Waals surface area (Å²) in [5.41, 5.74) is 1.51. The number of thioether (sulfide) groups is 1. The molecule has 0 saturated carbocycles. The van der Waals surface area contributed by atoms with Crippen molar-refractivity contribution in [2.24, 2.45) is 0 Å². The molecule has 0 radical (unpaired) electrons. The normalized spacial score (nSPS) is 10.5. The fourth-order valence-electron chi connectivity index (χ4n) is 2.17. The zero-order valence-electron chi connectivity index (χ0n) is 12.9. The second-order valence-corrected chi connectivity index (χ2v) is 7.37. The van der Waals surface area contributed by atoms with Gasteiger partial charge in [-0.2, -0.15) is 0 Å². The maximum Gasteiger partial charge on any atom is 0.224 e. The van der Waals surface area contributed by atoms with E-state index in [0.717, 1.165) is 25.9 Å². The molecule has 0 unspecified atom stereocenters. The first-order chi connectivity index (χ1) is 10.5. The van der Waals surface area contributed by atoms with Crippen molar-refractivity contribution in [1.82, 2.24) is 0 Å². The Morgan fingerprint density at radius 1 is 1.14 bits per heavy atom. The van der Waals surface area contributed by atoms with E-state index in [1.165, 1.54) is 0 Å². The zero-order valence-corrected chi connectivity index (χ0v) is 14.6. The maximum absolute atomic E-state index is 12.1. The number of anilines is 1. The predicted molar refractivity (Wildman–Crippen MR) is 94.2 cm³/mol. The smallest absolute Gasteiger partial charge is 0.224 e. The monoisotopic (exact) mass is 333 g/mol. The number of rotatable bonds is 6. The van der Waals surface area contributed by atoms with Crippen molar-refractivity contribution in [3.05, 3.63) is 45.6 Å². The van der Waals surface area contributed by atoms with Crippen LogP contribution in [0.25, 0.3) is 0 Å². The minimum Gasteiger partial charge on any atom is -0.326 e. The Bertz CT molecular complexity index is 674. The molecule has 0 atom stereocenters. The van der Waals surface area contributed by atoms with Gasteiger partial charge in [-0.25, -0.2) is 0 Å². The number of carbonyl (C=O) groups excluding carboxylic acids is 2. The van der Waals surface area contributed by atoms with Crippen molar-refractivity contribution < 1.29 is 9.59 Å². The molecule has 1 N–H and O–H groups in total. The van der Waals surface area contributed by atoms with Crippen LogP contribution in [-0.4, -0.2) is 17.9 Å². The van der Waals surface area contributed by atoms with Gasteiger partial charge in [-0.3, -0.25) is 9.59 Å². The van der Waals surface area contributed by atoms with Gasteiger partial charge in [-0.05, 0) is 50.4 Å². The third-order valence-electron chi connectivity index (χ3n) is 3.29. The van der Waals surface area contributed by atoms with Crippen LogP contribution in [0.15, 0.2) is 35.2 Å². The van der Waals surface area contributed by atoms with Crippen molar-refractivity contribution in [1.29, 1.82) is 0 Å². The molecular weight excluding hydrogens is 314 g/mol. The number of benzene rings is 1. The van der Waals surface area contributed by atoms with Gasteiger partial charge >= 0.3 is 0 Å². The van der Waals surface area contributed by atoms with Gasteiger partial charge in [0.25, 0.3) is 0 Å². The van der Waals surface area contributed by atoms with E-state index in [-0.39, 0.29) is 24.5 Å². The van der Waals surface area contributed by atoms with Crippen LogP contribution < -0.4 is 5.32 Å². The average molecular weight is 333 g/mol. The molecule has 1 amide bonds. The van der Waals surface area contributed by atoms with Gasteiger partial charge in [0.15, 0.2) is 5.78 Å². The SMILES string of the molecule is CSc1ccc(NC(=O)CCC(=O)c2cc(C)sc2C)cc1. The number of Topliss-reactive ketones (excluding diaryl/α,β-unsaturated/α-hetero) is 1. The number of amides is 1. The summed E-state index contributed by atoms with van der Waals surface area (Å²) in [6.07, 6.45) is 2.45. The highest BCUT2D eigenvalue weighted by molar-refractivity contribution is 7.98. The van der Waals surface area contributed by atoms with E-state index in [4.69, 9.17) is 0 Å². The molecule has 0 aliphatic rings. The van der Waals surface area contributed by atoms with Gasteiger partial charge in [0.1, 0.15) is 0 Å².